The van der Waals surface area contributed by atoms with Crippen LogP contribution in [0, 0.1) is 0 Å². The number of aliphatic hydroxyl groups excluding tert-OH is 2. The van der Waals surface area contributed by atoms with Gasteiger partial charge in [0, 0.05) is 12.8 Å². The molecular formula is C68H125NO5. The van der Waals surface area contributed by atoms with Crippen molar-refractivity contribution in [1.29, 1.82) is 0 Å². The van der Waals surface area contributed by atoms with Gasteiger partial charge in [0.25, 0.3) is 0 Å². The lowest BCUT2D eigenvalue weighted by molar-refractivity contribution is -0.143. The van der Waals surface area contributed by atoms with Crippen LogP contribution < -0.4 is 5.32 Å². The molecule has 0 radical (unpaired) electrons. The van der Waals surface area contributed by atoms with E-state index in [1.807, 2.05) is 6.08 Å². The quantitative estimate of drug-likeness (QED) is 0.0320. The first kappa shape index (κ1) is 71.6. The fraction of sp³-hybridized carbons (Fsp3) is 0.824. The lowest BCUT2D eigenvalue weighted by Crippen LogP contribution is -2.45. The topological polar surface area (TPSA) is 95.9 Å². The van der Waals surface area contributed by atoms with E-state index in [-0.39, 0.29) is 18.5 Å². The molecule has 432 valence electrons. The summed E-state index contributed by atoms with van der Waals surface area (Å²) in [6, 6.07) is -0.634. The van der Waals surface area contributed by atoms with Crippen LogP contribution in [-0.4, -0.2) is 47.4 Å². The summed E-state index contributed by atoms with van der Waals surface area (Å²) in [5.74, 6) is -0.115. The summed E-state index contributed by atoms with van der Waals surface area (Å²) in [6.45, 7) is 4.78. The predicted molar refractivity (Wildman–Crippen MR) is 324 cm³/mol. The van der Waals surface area contributed by atoms with Crippen LogP contribution >= 0.6 is 0 Å². The minimum absolute atomic E-state index is 0.0439. The third kappa shape index (κ3) is 58.8. The number of rotatable bonds is 60. The molecule has 2 atom stereocenters. The first-order valence-corrected chi connectivity index (χ1v) is 32.6. The second-order valence-electron chi connectivity index (χ2n) is 22.1. The highest BCUT2D eigenvalue weighted by atomic mass is 16.5. The number of aliphatic hydroxyl groups is 2. The average Bonchev–Trinajstić information content (AvgIpc) is 3.40. The fourth-order valence-electron chi connectivity index (χ4n) is 9.80. The molecule has 3 N–H and O–H groups in total. The highest BCUT2D eigenvalue weighted by Gasteiger charge is 2.18. The van der Waals surface area contributed by atoms with Crippen LogP contribution in [0.3, 0.4) is 0 Å². The third-order valence-corrected chi connectivity index (χ3v) is 14.8. The molecule has 0 aromatic heterocycles. The Balaban J connectivity index is 3.49. The van der Waals surface area contributed by atoms with Gasteiger partial charge in [-0.2, -0.15) is 0 Å². The standard InChI is InChI=1S/C68H125NO5/c1-3-5-7-9-11-13-15-17-19-21-25-29-32-36-40-44-48-52-56-60-66(71)65(64-70)69-67(72)61-57-53-49-45-41-37-33-30-26-23-22-24-27-31-35-39-43-47-51-55-59-63-74-68(73)62-58-54-50-46-42-38-34-28-20-18-16-14-12-10-8-6-4-2/h12,14,18,20,39,43,51,55-56,60,65-66,70-71H,3-11,13,15-17,19,21-38,40-42,44-50,52-54,57-59,61-64H2,1-2H3,(H,69,72)/b14-12-,20-18-,43-39-,55-51-,60-56+. The monoisotopic (exact) mass is 1040 g/mol. The average molecular weight is 1040 g/mol. The van der Waals surface area contributed by atoms with E-state index in [9.17, 15) is 19.8 Å². The number of esters is 1. The van der Waals surface area contributed by atoms with E-state index >= 15 is 0 Å². The minimum atomic E-state index is -0.850. The molecule has 0 spiro atoms. The Bertz CT molecular complexity index is 1290. The molecule has 0 aliphatic heterocycles. The van der Waals surface area contributed by atoms with Crippen LogP contribution in [-0.2, 0) is 14.3 Å². The van der Waals surface area contributed by atoms with E-state index in [1.165, 1.54) is 250 Å². The Kier molecular flexibility index (Phi) is 61.0. The van der Waals surface area contributed by atoms with Crippen molar-refractivity contribution in [1.82, 2.24) is 5.32 Å². The summed E-state index contributed by atoms with van der Waals surface area (Å²) in [4.78, 5) is 24.6. The van der Waals surface area contributed by atoms with Crippen molar-refractivity contribution >= 4 is 11.9 Å². The van der Waals surface area contributed by atoms with Crippen molar-refractivity contribution in [2.45, 2.75) is 347 Å². The van der Waals surface area contributed by atoms with Crippen LogP contribution in [0.4, 0.5) is 0 Å². The molecule has 6 nitrogen and oxygen atoms in total. The smallest absolute Gasteiger partial charge is 0.305 e. The van der Waals surface area contributed by atoms with Gasteiger partial charge in [0.2, 0.25) is 5.91 Å². The van der Waals surface area contributed by atoms with Crippen LogP contribution in [0.15, 0.2) is 60.8 Å². The summed E-state index contributed by atoms with van der Waals surface area (Å²) < 4.78 is 5.42. The fourth-order valence-corrected chi connectivity index (χ4v) is 9.80. The highest BCUT2D eigenvalue weighted by Crippen LogP contribution is 2.17. The number of carbonyl (C=O) groups excluding carboxylic acids is 2. The number of nitrogens with one attached hydrogen (secondary N) is 1. The SMILES string of the molecule is CCCCC/C=C\C/C=C\CCCCCCCCCC(=O)OCC/C=C\C/C=C\CCCCCCCCCCCCCCCCC(=O)NC(CO)C(O)/C=C/CCCCCCCCCCCCCCCCCCC. The maximum absolute atomic E-state index is 12.5. The van der Waals surface area contributed by atoms with Gasteiger partial charge in [-0.1, -0.05) is 299 Å². The van der Waals surface area contributed by atoms with Gasteiger partial charge >= 0.3 is 5.97 Å². The van der Waals surface area contributed by atoms with Gasteiger partial charge in [-0.25, -0.2) is 0 Å². The first-order valence-electron chi connectivity index (χ1n) is 32.6. The number of allylic oxidation sites excluding steroid dienone is 8. The van der Waals surface area contributed by atoms with E-state index in [0.29, 0.717) is 19.4 Å². The molecule has 0 rings (SSSR count). The normalized spacial score (nSPS) is 13.0. The Morgan fingerprint density at radius 3 is 1.05 bits per heavy atom. The maximum Gasteiger partial charge on any atom is 0.305 e. The molecule has 0 aromatic rings. The molecule has 6 heteroatoms. The molecule has 0 aromatic carbocycles. The second-order valence-corrected chi connectivity index (χ2v) is 22.1. The molecule has 0 bridgehead atoms. The van der Waals surface area contributed by atoms with Gasteiger partial charge < -0.3 is 20.3 Å². The third-order valence-electron chi connectivity index (χ3n) is 14.8. The molecule has 0 aliphatic rings. The van der Waals surface area contributed by atoms with Gasteiger partial charge in [0.15, 0.2) is 0 Å². The van der Waals surface area contributed by atoms with Gasteiger partial charge in [0.05, 0.1) is 25.4 Å². The predicted octanol–water partition coefficient (Wildman–Crippen LogP) is 20.7. The molecular weight excluding hydrogens is 911 g/mol. The van der Waals surface area contributed by atoms with E-state index < -0.39 is 12.1 Å². The van der Waals surface area contributed by atoms with Gasteiger partial charge in [-0.3, -0.25) is 9.59 Å². The second kappa shape index (κ2) is 63.1. The molecule has 74 heavy (non-hydrogen) atoms. The number of hydrogen-bond acceptors (Lipinski definition) is 5. The van der Waals surface area contributed by atoms with Crippen LogP contribution in [0.5, 0.6) is 0 Å². The maximum atomic E-state index is 12.5. The van der Waals surface area contributed by atoms with E-state index in [1.54, 1.807) is 6.08 Å². The van der Waals surface area contributed by atoms with Crippen molar-refractivity contribution in [3.05, 3.63) is 60.8 Å². The summed E-state index contributed by atoms with van der Waals surface area (Å²) in [5.41, 5.74) is 0. The molecule has 0 fully saturated rings. The Labute approximate surface area is 460 Å². The molecule has 0 heterocycles. The summed E-state index contributed by atoms with van der Waals surface area (Å²) in [6.07, 6.45) is 82.8. The number of ether oxygens (including phenoxy) is 1. The lowest BCUT2D eigenvalue weighted by Gasteiger charge is -2.20. The summed E-state index contributed by atoms with van der Waals surface area (Å²) in [7, 11) is 0. The zero-order valence-electron chi connectivity index (χ0n) is 49.3. The van der Waals surface area contributed by atoms with Gasteiger partial charge in [-0.15, -0.1) is 0 Å². The molecule has 0 saturated heterocycles. The van der Waals surface area contributed by atoms with E-state index in [0.717, 1.165) is 57.8 Å². The largest absolute Gasteiger partial charge is 0.465 e. The number of carbonyl (C=O) groups is 2. The molecule has 0 saturated carbocycles. The highest BCUT2D eigenvalue weighted by molar-refractivity contribution is 5.76. The molecule has 0 aliphatic carbocycles. The van der Waals surface area contributed by atoms with E-state index in [4.69, 9.17) is 4.74 Å². The van der Waals surface area contributed by atoms with Crippen LogP contribution in [0.25, 0.3) is 0 Å². The van der Waals surface area contributed by atoms with Crippen LogP contribution in [0.2, 0.25) is 0 Å². The van der Waals surface area contributed by atoms with Crippen molar-refractivity contribution in [2.24, 2.45) is 0 Å². The number of unbranched alkanes of at least 4 members (excludes halogenated alkanes) is 41. The Hall–Kier alpha value is -2.44. The van der Waals surface area contributed by atoms with Crippen molar-refractivity contribution < 1.29 is 24.5 Å². The summed E-state index contributed by atoms with van der Waals surface area (Å²) in [5, 5.41) is 23.2. The Morgan fingerprint density at radius 1 is 0.378 bits per heavy atom. The zero-order chi connectivity index (χ0) is 53.6. The lowest BCUT2D eigenvalue weighted by atomic mass is 10.0. The van der Waals surface area contributed by atoms with Crippen LogP contribution in [0.1, 0.15) is 335 Å². The number of amides is 1. The van der Waals surface area contributed by atoms with Gasteiger partial charge in [-0.05, 0) is 83.5 Å². The summed E-state index contributed by atoms with van der Waals surface area (Å²) >= 11 is 0. The number of hydrogen-bond donors (Lipinski definition) is 3. The Morgan fingerprint density at radius 2 is 0.676 bits per heavy atom. The zero-order valence-corrected chi connectivity index (χ0v) is 49.3. The van der Waals surface area contributed by atoms with Crippen molar-refractivity contribution in [3.8, 4) is 0 Å². The molecule has 1 amide bonds. The molecule has 2 unspecified atom stereocenters. The van der Waals surface area contributed by atoms with Crippen molar-refractivity contribution in [3.63, 3.8) is 0 Å². The minimum Gasteiger partial charge on any atom is -0.465 e. The van der Waals surface area contributed by atoms with Crippen molar-refractivity contribution in [2.75, 3.05) is 13.2 Å². The van der Waals surface area contributed by atoms with Gasteiger partial charge in [0.1, 0.15) is 0 Å². The van der Waals surface area contributed by atoms with E-state index in [2.05, 4.69) is 67.8 Å². The first-order chi connectivity index (χ1) is 36.5.